The van der Waals surface area contributed by atoms with Crippen LogP contribution < -0.4 is 15.2 Å². The lowest BCUT2D eigenvalue weighted by atomic mass is 10.1. The molecular weight excluding hydrogens is 288 g/mol. The topological polar surface area (TPSA) is 68.3 Å². The van der Waals surface area contributed by atoms with Crippen LogP contribution in [0.3, 0.4) is 0 Å². The summed E-state index contributed by atoms with van der Waals surface area (Å²) in [4.78, 5) is 0. The van der Waals surface area contributed by atoms with Crippen molar-refractivity contribution in [3.8, 4) is 11.5 Å². The van der Waals surface area contributed by atoms with Crippen molar-refractivity contribution in [2.24, 2.45) is 5.73 Å². The molecule has 0 spiro atoms. The van der Waals surface area contributed by atoms with Crippen LogP contribution in [-0.4, -0.2) is 12.4 Å². The molecule has 3 N–H and O–H groups in total. The van der Waals surface area contributed by atoms with Gasteiger partial charge in [0.1, 0.15) is 23.9 Å². The number of fused-ring (bicyclic) bond motifs is 1. The lowest BCUT2D eigenvalue weighted by Gasteiger charge is -2.11. The molecule has 0 aromatic heterocycles. The number of amidine groups is 1. The van der Waals surface area contributed by atoms with Gasteiger partial charge in [0.2, 0.25) is 0 Å². The van der Waals surface area contributed by atoms with E-state index in [1.54, 1.807) is 24.3 Å². The van der Waals surface area contributed by atoms with Crippen molar-refractivity contribution in [3.63, 3.8) is 0 Å². The predicted molar refractivity (Wildman–Crippen MR) is 82.4 cm³/mol. The average molecular weight is 303 g/mol. The molecule has 21 heavy (non-hydrogen) atoms. The Bertz CT molecular complexity index is 683. The molecule has 1 aliphatic rings. The number of rotatable bonds is 4. The largest absolute Gasteiger partial charge is 0.493 e. The first-order chi connectivity index (χ1) is 10.1. The van der Waals surface area contributed by atoms with Gasteiger partial charge in [-0.1, -0.05) is 11.6 Å². The predicted octanol–water partition coefficient (Wildman–Crippen LogP) is 3.14. The molecule has 2 aromatic carbocycles. The molecule has 3 rings (SSSR count). The van der Waals surface area contributed by atoms with Crippen molar-refractivity contribution in [1.29, 1.82) is 5.41 Å². The Kier molecular flexibility index (Phi) is 3.71. The van der Waals surface area contributed by atoms with Crippen molar-refractivity contribution < 1.29 is 9.47 Å². The fourth-order valence-electron chi connectivity index (χ4n) is 2.35. The summed E-state index contributed by atoms with van der Waals surface area (Å²) < 4.78 is 11.4. The molecule has 0 radical (unpaired) electrons. The van der Waals surface area contributed by atoms with Crippen LogP contribution in [0.5, 0.6) is 11.5 Å². The zero-order valence-electron chi connectivity index (χ0n) is 11.4. The molecule has 4 nitrogen and oxygen atoms in total. The van der Waals surface area contributed by atoms with E-state index >= 15 is 0 Å². The number of hydrogen-bond donors (Lipinski definition) is 2. The van der Waals surface area contributed by atoms with Crippen molar-refractivity contribution in [1.82, 2.24) is 0 Å². The number of nitrogens with two attached hydrogens (primary N) is 1. The van der Waals surface area contributed by atoms with Crippen LogP contribution in [0.2, 0.25) is 5.02 Å². The molecule has 0 unspecified atom stereocenters. The Morgan fingerprint density at radius 1 is 1.29 bits per heavy atom. The van der Waals surface area contributed by atoms with E-state index in [1.807, 2.05) is 12.1 Å². The first-order valence-electron chi connectivity index (χ1n) is 6.65. The van der Waals surface area contributed by atoms with E-state index in [2.05, 4.69) is 0 Å². The summed E-state index contributed by atoms with van der Waals surface area (Å²) in [7, 11) is 0. The SMILES string of the molecule is N=C(N)c1ccc(OCc2cc(Cl)cc3c2OCC3)cc1. The maximum atomic E-state index is 7.36. The van der Waals surface area contributed by atoms with Gasteiger partial charge in [0.05, 0.1) is 6.61 Å². The van der Waals surface area contributed by atoms with Gasteiger partial charge in [0, 0.05) is 22.6 Å². The van der Waals surface area contributed by atoms with Gasteiger partial charge >= 0.3 is 0 Å². The number of hydrogen-bond acceptors (Lipinski definition) is 3. The molecule has 108 valence electrons. The number of nitrogens with one attached hydrogen (secondary N) is 1. The van der Waals surface area contributed by atoms with Gasteiger partial charge in [-0.2, -0.15) is 0 Å². The highest BCUT2D eigenvalue weighted by Gasteiger charge is 2.17. The number of benzene rings is 2. The zero-order chi connectivity index (χ0) is 14.8. The smallest absolute Gasteiger partial charge is 0.129 e. The summed E-state index contributed by atoms with van der Waals surface area (Å²) in [6.45, 7) is 1.08. The molecule has 0 bridgehead atoms. The fourth-order valence-corrected chi connectivity index (χ4v) is 2.61. The summed E-state index contributed by atoms with van der Waals surface area (Å²) in [5.41, 5.74) is 8.18. The van der Waals surface area contributed by atoms with Crippen molar-refractivity contribution in [2.75, 3.05) is 6.61 Å². The van der Waals surface area contributed by atoms with Crippen molar-refractivity contribution in [3.05, 3.63) is 58.1 Å². The molecule has 0 amide bonds. The van der Waals surface area contributed by atoms with Gasteiger partial charge in [0.25, 0.3) is 0 Å². The van der Waals surface area contributed by atoms with E-state index in [0.717, 1.165) is 23.3 Å². The molecule has 0 fully saturated rings. The van der Waals surface area contributed by atoms with E-state index < -0.39 is 0 Å². The highest BCUT2D eigenvalue weighted by atomic mass is 35.5. The maximum absolute atomic E-state index is 7.36. The van der Waals surface area contributed by atoms with Gasteiger partial charge in [-0.3, -0.25) is 5.41 Å². The third kappa shape index (κ3) is 2.95. The second-order valence-corrected chi connectivity index (χ2v) is 5.31. The summed E-state index contributed by atoms with van der Waals surface area (Å²) in [6.07, 6.45) is 0.885. The minimum Gasteiger partial charge on any atom is -0.493 e. The van der Waals surface area contributed by atoms with Crippen LogP contribution in [0.4, 0.5) is 0 Å². The molecule has 0 atom stereocenters. The molecule has 0 saturated carbocycles. The lowest BCUT2D eigenvalue weighted by Crippen LogP contribution is -2.10. The van der Waals surface area contributed by atoms with Gasteiger partial charge in [-0.05, 0) is 42.0 Å². The van der Waals surface area contributed by atoms with Crippen molar-refractivity contribution in [2.45, 2.75) is 13.0 Å². The summed E-state index contributed by atoms with van der Waals surface area (Å²) in [5, 5.41) is 8.05. The summed E-state index contributed by atoms with van der Waals surface area (Å²) in [6, 6.07) is 10.9. The zero-order valence-corrected chi connectivity index (χ0v) is 12.1. The lowest BCUT2D eigenvalue weighted by molar-refractivity contribution is 0.292. The number of halogens is 1. The molecule has 2 aromatic rings. The van der Waals surface area contributed by atoms with Crippen LogP contribution in [0.1, 0.15) is 16.7 Å². The van der Waals surface area contributed by atoms with E-state index in [-0.39, 0.29) is 5.84 Å². The van der Waals surface area contributed by atoms with Crippen LogP contribution in [0.25, 0.3) is 0 Å². The molecule has 1 aliphatic heterocycles. The highest BCUT2D eigenvalue weighted by molar-refractivity contribution is 6.30. The summed E-state index contributed by atoms with van der Waals surface area (Å²) >= 11 is 6.12. The van der Waals surface area contributed by atoms with E-state index in [4.69, 9.17) is 32.2 Å². The van der Waals surface area contributed by atoms with E-state index in [9.17, 15) is 0 Å². The highest BCUT2D eigenvalue weighted by Crippen LogP contribution is 2.33. The third-order valence-corrected chi connectivity index (χ3v) is 3.60. The molecular formula is C16H15ClN2O2. The first-order valence-corrected chi connectivity index (χ1v) is 7.02. The quantitative estimate of drug-likeness (QED) is 0.673. The van der Waals surface area contributed by atoms with E-state index in [1.165, 1.54) is 0 Å². The van der Waals surface area contributed by atoms with Gasteiger partial charge in [-0.25, -0.2) is 0 Å². The second kappa shape index (κ2) is 5.66. The minimum absolute atomic E-state index is 0.0441. The average Bonchev–Trinajstić information content (AvgIpc) is 2.93. The van der Waals surface area contributed by atoms with Crippen molar-refractivity contribution >= 4 is 17.4 Å². The Labute approximate surface area is 127 Å². The minimum atomic E-state index is 0.0441. The monoisotopic (exact) mass is 302 g/mol. The third-order valence-electron chi connectivity index (χ3n) is 3.38. The summed E-state index contributed by atoms with van der Waals surface area (Å²) in [5.74, 6) is 1.65. The molecule has 1 heterocycles. The second-order valence-electron chi connectivity index (χ2n) is 4.88. The van der Waals surface area contributed by atoms with Gasteiger partial charge in [-0.15, -0.1) is 0 Å². The molecule has 5 heteroatoms. The van der Waals surface area contributed by atoms with Crippen LogP contribution in [-0.2, 0) is 13.0 Å². The van der Waals surface area contributed by atoms with Gasteiger partial charge in [0.15, 0.2) is 0 Å². The Balaban J connectivity index is 1.75. The van der Waals surface area contributed by atoms with Crippen LogP contribution in [0, 0.1) is 5.41 Å². The number of nitrogen functional groups attached to an aromatic ring is 1. The van der Waals surface area contributed by atoms with Crippen LogP contribution in [0.15, 0.2) is 36.4 Å². The standard InChI is InChI=1S/C16H15ClN2O2/c17-13-7-11-5-6-20-15(11)12(8-13)9-21-14-3-1-10(2-4-14)16(18)19/h1-4,7-8H,5-6,9H2,(H3,18,19). The normalized spacial score (nSPS) is 12.6. The maximum Gasteiger partial charge on any atom is 0.129 e. The number of ether oxygens (including phenoxy) is 2. The Morgan fingerprint density at radius 3 is 2.76 bits per heavy atom. The Morgan fingerprint density at radius 2 is 2.05 bits per heavy atom. The first kappa shape index (κ1) is 13.8. The molecule has 0 aliphatic carbocycles. The fraction of sp³-hybridized carbons (Fsp3) is 0.188. The molecule has 0 saturated heterocycles. The van der Waals surface area contributed by atoms with E-state index in [0.29, 0.717) is 29.5 Å². The Hall–Kier alpha value is -2.20. The van der Waals surface area contributed by atoms with Gasteiger partial charge < -0.3 is 15.2 Å². The van der Waals surface area contributed by atoms with Crippen LogP contribution >= 0.6 is 11.6 Å².